The van der Waals surface area contributed by atoms with Crippen LogP contribution in [0.5, 0.6) is 0 Å². The van der Waals surface area contributed by atoms with E-state index >= 15 is 0 Å². The molecule has 2 nitrogen and oxygen atoms in total. The van der Waals surface area contributed by atoms with Crippen LogP contribution >= 0.6 is 11.6 Å². The molecule has 1 atom stereocenters. The third kappa shape index (κ3) is 2.23. The van der Waals surface area contributed by atoms with Crippen molar-refractivity contribution >= 4 is 11.6 Å². The van der Waals surface area contributed by atoms with Crippen molar-refractivity contribution in [2.24, 2.45) is 5.73 Å². The van der Waals surface area contributed by atoms with E-state index in [4.69, 9.17) is 17.3 Å². The molecule has 16 heavy (non-hydrogen) atoms. The van der Waals surface area contributed by atoms with Crippen molar-refractivity contribution < 1.29 is 0 Å². The van der Waals surface area contributed by atoms with Gasteiger partial charge >= 0.3 is 0 Å². The van der Waals surface area contributed by atoms with Gasteiger partial charge in [-0.15, -0.1) is 0 Å². The van der Waals surface area contributed by atoms with Crippen LogP contribution in [0.4, 0.5) is 0 Å². The molecule has 0 aliphatic carbocycles. The number of nitrogens with two attached hydrogens (primary N) is 1. The summed E-state index contributed by atoms with van der Waals surface area (Å²) in [6, 6.07) is 11.3. The van der Waals surface area contributed by atoms with Crippen LogP contribution in [0.2, 0.25) is 5.02 Å². The van der Waals surface area contributed by atoms with E-state index in [1.807, 2.05) is 43.3 Å². The lowest BCUT2D eigenvalue weighted by molar-refractivity contribution is 0.818. The first-order chi connectivity index (χ1) is 7.68. The lowest BCUT2D eigenvalue weighted by Gasteiger charge is -2.13. The molecule has 0 fully saturated rings. The molecule has 2 aromatic rings. The van der Waals surface area contributed by atoms with Crippen molar-refractivity contribution in [3.8, 4) is 0 Å². The van der Waals surface area contributed by atoms with E-state index in [0.717, 1.165) is 16.8 Å². The Morgan fingerprint density at radius 1 is 1.25 bits per heavy atom. The van der Waals surface area contributed by atoms with Crippen molar-refractivity contribution in [2.75, 3.05) is 0 Å². The third-order valence-corrected chi connectivity index (χ3v) is 2.79. The minimum atomic E-state index is -0.222. The molecule has 82 valence electrons. The number of hydrogen-bond acceptors (Lipinski definition) is 2. The van der Waals surface area contributed by atoms with E-state index in [1.165, 1.54) is 0 Å². The van der Waals surface area contributed by atoms with Crippen LogP contribution in [0.3, 0.4) is 0 Å². The van der Waals surface area contributed by atoms with Crippen molar-refractivity contribution in [1.82, 2.24) is 4.98 Å². The summed E-state index contributed by atoms with van der Waals surface area (Å²) in [4.78, 5) is 4.32. The average Bonchev–Trinajstić information content (AvgIpc) is 2.29. The third-order valence-electron chi connectivity index (χ3n) is 2.55. The van der Waals surface area contributed by atoms with Gasteiger partial charge in [0.15, 0.2) is 0 Å². The Morgan fingerprint density at radius 3 is 2.75 bits per heavy atom. The maximum atomic E-state index is 6.16. The SMILES string of the molecule is Cc1cccnc1C(N)c1cccc(Cl)c1. The summed E-state index contributed by atoms with van der Waals surface area (Å²) >= 11 is 5.94. The minimum absolute atomic E-state index is 0.222. The minimum Gasteiger partial charge on any atom is -0.319 e. The molecule has 0 amide bonds. The molecule has 1 unspecified atom stereocenters. The van der Waals surface area contributed by atoms with Crippen molar-refractivity contribution in [2.45, 2.75) is 13.0 Å². The zero-order valence-electron chi connectivity index (χ0n) is 9.02. The molecule has 0 saturated carbocycles. The van der Waals surface area contributed by atoms with Crippen LogP contribution in [0, 0.1) is 6.92 Å². The van der Waals surface area contributed by atoms with Gasteiger partial charge < -0.3 is 5.73 Å². The van der Waals surface area contributed by atoms with Gasteiger partial charge in [-0.25, -0.2) is 0 Å². The molecule has 0 aliphatic rings. The summed E-state index contributed by atoms with van der Waals surface area (Å²) < 4.78 is 0. The molecule has 0 radical (unpaired) electrons. The molecule has 0 bridgehead atoms. The van der Waals surface area contributed by atoms with Crippen molar-refractivity contribution in [3.63, 3.8) is 0 Å². The lowest BCUT2D eigenvalue weighted by atomic mass is 10.0. The van der Waals surface area contributed by atoms with Gasteiger partial charge in [0.2, 0.25) is 0 Å². The van der Waals surface area contributed by atoms with Crippen LogP contribution in [0.1, 0.15) is 22.9 Å². The summed E-state index contributed by atoms with van der Waals surface area (Å²) in [5.41, 5.74) is 9.13. The smallest absolute Gasteiger partial charge is 0.0729 e. The molecule has 0 aliphatic heterocycles. The standard InChI is InChI=1S/C13H13ClN2/c1-9-4-3-7-16-13(9)12(15)10-5-2-6-11(14)8-10/h2-8,12H,15H2,1H3. The summed E-state index contributed by atoms with van der Waals surface area (Å²) in [7, 11) is 0. The highest BCUT2D eigenvalue weighted by atomic mass is 35.5. The van der Waals surface area contributed by atoms with Gasteiger partial charge in [-0.3, -0.25) is 4.98 Å². The second kappa shape index (κ2) is 4.64. The van der Waals surface area contributed by atoms with Gasteiger partial charge in [-0.2, -0.15) is 0 Å². The first kappa shape index (κ1) is 11.1. The number of pyridine rings is 1. The van der Waals surface area contributed by atoms with Crippen LogP contribution in [0.25, 0.3) is 0 Å². The van der Waals surface area contributed by atoms with Gasteiger partial charge in [0.25, 0.3) is 0 Å². The fraction of sp³-hybridized carbons (Fsp3) is 0.154. The van der Waals surface area contributed by atoms with E-state index < -0.39 is 0 Å². The van der Waals surface area contributed by atoms with Crippen molar-refractivity contribution in [1.29, 1.82) is 0 Å². The molecule has 3 heteroatoms. The largest absolute Gasteiger partial charge is 0.319 e. The number of halogens is 1. The van der Waals surface area contributed by atoms with Gasteiger partial charge in [0, 0.05) is 11.2 Å². The number of aryl methyl sites for hydroxylation is 1. The van der Waals surface area contributed by atoms with E-state index in [1.54, 1.807) is 6.20 Å². The Kier molecular flexibility index (Phi) is 3.22. The Bertz CT molecular complexity index is 497. The molecular weight excluding hydrogens is 220 g/mol. The number of aromatic nitrogens is 1. The normalized spacial score (nSPS) is 12.4. The molecule has 1 aromatic heterocycles. The van der Waals surface area contributed by atoms with Crippen molar-refractivity contribution in [3.05, 3.63) is 64.4 Å². The van der Waals surface area contributed by atoms with Gasteiger partial charge in [0.1, 0.15) is 0 Å². The highest BCUT2D eigenvalue weighted by Crippen LogP contribution is 2.22. The summed E-state index contributed by atoms with van der Waals surface area (Å²) in [6.07, 6.45) is 1.76. The molecular formula is C13H13ClN2. The highest BCUT2D eigenvalue weighted by molar-refractivity contribution is 6.30. The number of benzene rings is 1. The van der Waals surface area contributed by atoms with Gasteiger partial charge in [0.05, 0.1) is 11.7 Å². The maximum Gasteiger partial charge on any atom is 0.0729 e. The lowest BCUT2D eigenvalue weighted by Crippen LogP contribution is -2.14. The van der Waals surface area contributed by atoms with Crippen LogP contribution < -0.4 is 5.73 Å². The predicted molar refractivity (Wildman–Crippen MR) is 66.5 cm³/mol. The number of hydrogen-bond donors (Lipinski definition) is 1. The Balaban J connectivity index is 2.39. The number of rotatable bonds is 2. The molecule has 1 aromatic carbocycles. The van der Waals surface area contributed by atoms with E-state index in [2.05, 4.69) is 4.98 Å². The summed E-state index contributed by atoms with van der Waals surface area (Å²) in [5, 5.41) is 0.696. The Labute approximate surface area is 100 Å². The van der Waals surface area contributed by atoms with E-state index in [9.17, 15) is 0 Å². The number of nitrogens with zero attached hydrogens (tertiary/aromatic N) is 1. The fourth-order valence-electron chi connectivity index (χ4n) is 1.68. The zero-order valence-corrected chi connectivity index (χ0v) is 9.78. The van der Waals surface area contributed by atoms with E-state index in [0.29, 0.717) is 5.02 Å². The zero-order chi connectivity index (χ0) is 11.5. The van der Waals surface area contributed by atoms with E-state index in [-0.39, 0.29) is 6.04 Å². The van der Waals surface area contributed by atoms with Gasteiger partial charge in [-0.1, -0.05) is 29.8 Å². The first-order valence-corrected chi connectivity index (χ1v) is 5.49. The fourth-order valence-corrected chi connectivity index (χ4v) is 1.88. The highest BCUT2D eigenvalue weighted by Gasteiger charge is 2.12. The van der Waals surface area contributed by atoms with Crippen LogP contribution in [0.15, 0.2) is 42.6 Å². The predicted octanol–water partition coefficient (Wildman–Crippen LogP) is 3.09. The second-order valence-electron chi connectivity index (χ2n) is 3.74. The molecule has 0 saturated heterocycles. The summed E-state index contributed by atoms with van der Waals surface area (Å²) in [5.74, 6) is 0. The van der Waals surface area contributed by atoms with Crippen LogP contribution in [-0.2, 0) is 0 Å². The molecule has 0 spiro atoms. The molecule has 1 heterocycles. The van der Waals surface area contributed by atoms with Gasteiger partial charge in [-0.05, 0) is 36.2 Å². The second-order valence-corrected chi connectivity index (χ2v) is 4.17. The molecule has 2 N–H and O–H groups in total. The molecule has 2 rings (SSSR count). The monoisotopic (exact) mass is 232 g/mol. The Hall–Kier alpha value is -1.38. The first-order valence-electron chi connectivity index (χ1n) is 5.11. The quantitative estimate of drug-likeness (QED) is 0.864. The maximum absolute atomic E-state index is 6.16. The topological polar surface area (TPSA) is 38.9 Å². The Morgan fingerprint density at radius 2 is 2.06 bits per heavy atom. The van der Waals surface area contributed by atoms with Crippen LogP contribution in [-0.4, -0.2) is 4.98 Å². The summed E-state index contributed by atoms with van der Waals surface area (Å²) in [6.45, 7) is 2.01. The average molecular weight is 233 g/mol.